The highest BCUT2D eigenvalue weighted by Gasteiger charge is 2.21. The van der Waals surface area contributed by atoms with E-state index in [1.54, 1.807) is 7.05 Å². The van der Waals surface area contributed by atoms with Crippen molar-refractivity contribution in [1.29, 1.82) is 0 Å². The van der Waals surface area contributed by atoms with Crippen LogP contribution < -0.4 is 10.6 Å². The van der Waals surface area contributed by atoms with Gasteiger partial charge < -0.3 is 15.5 Å². The lowest BCUT2D eigenvalue weighted by molar-refractivity contribution is -0.133. The minimum atomic E-state index is -0.146. The molecule has 1 heterocycles. The maximum atomic E-state index is 12.1. The van der Waals surface area contributed by atoms with E-state index in [2.05, 4.69) is 10.6 Å². The highest BCUT2D eigenvalue weighted by Crippen LogP contribution is 2.09. The van der Waals surface area contributed by atoms with Crippen LogP contribution in [0.2, 0.25) is 0 Å². The van der Waals surface area contributed by atoms with Gasteiger partial charge in [-0.1, -0.05) is 0 Å². The van der Waals surface area contributed by atoms with Gasteiger partial charge in [0.2, 0.25) is 11.8 Å². The molecule has 0 aromatic heterocycles. The fraction of sp³-hybridized carbons (Fsp3) is 0.846. The van der Waals surface area contributed by atoms with Crippen molar-refractivity contribution in [3.8, 4) is 0 Å². The third-order valence-electron chi connectivity index (χ3n) is 3.35. The van der Waals surface area contributed by atoms with Gasteiger partial charge >= 0.3 is 0 Å². The summed E-state index contributed by atoms with van der Waals surface area (Å²) in [6, 6.07) is -0.146. The van der Waals surface area contributed by atoms with Gasteiger partial charge in [-0.3, -0.25) is 9.59 Å². The van der Waals surface area contributed by atoms with Gasteiger partial charge in [-0.2, -0.15) is 0 Å². The molecule has 0 bridgehead atoms. The molecule has 0 radical (unpaired) electrons. The zero-order valence-corrected chi connectivity index (χ0v) is 11.5. The smallest absolute Gasteiger partial charge is 0.239 e. The standard InChI is InChI=1S/C13H25N3O2/c1-11(15-8-6-7-12(17)14-2)13(18)16-9-4-3-5-10-16/h11,15H,3-10H2,1-2H3,(H,14,17). The first-order valence-corrected chi connectivity index (χ1v) is 6.88. The second kappa shape index (κ2) is 8.08. The van der Waals surface area contributed by atoms with E-state index in [0.29, 0.717) is 13.0 Å². The van der Waals surface area contributed by atoms with E-state index in [9.17, 15) is 9.59 Å². The molecule has 1 aliphatic rings. The second-order valence-corrected chi connectivity index (χ2v) is 4.84. The first kappa shape index (κ1) is 15.0. The van der Waals surface area contributed by atoms with Crippen LogP contribution in [0.4, 0.5) is 0 Å². The van der Waals surface area contributed by atoms with Crippen LogP contribution in [-0.2, 0) is 9.59 Å². The van der Waals surface area contributed by atoms with Gasteiger partial charge in [0.25, 0.3) is 0 Å². The van der Waals surface area contributed by atoms with E-state index in [1.165, 1.54) is 6.42 Å². The lowest BCUT2D eigenvalue weighted by Crippen LogP contribution is -2.47. The minimum Gasteiger partial charge on any atom is -0.359 e. The van der Waals surface area contributed by atoms with Crippen molar-refractivity contribution >= 4 is 11.8 Å². The van der Waals surface area contributed by atoms with Gasteiger partial charge in [0.15, 0.2) is 0 Å². The molecule has 5 nitrogen and oxygen atoms in total. The maximum absolute atomic E-state index is 12.1. The van der Waals surface area contributed by atoms with Gasteiger partial charge in [-0.15, -0.1) is 0 Å². The molecule has 104 valence electrons. The number of carbonyl (C=O) groups excluding carboxylic acids is 2. The Morgan fingerprint density at radius 3 is 2.50 bits per heavy atom. The van der Waals surface area contributed by atoms with Crippen LogP contribution in [-0.4, -0.2) is 49.4 Å². The lowest BCUT2D eigenvalue weighted by Gasteiger charge is -2.29. The van der Waals surface area contributed by atoms with Crippen LogP contribution in [0, 0.1) is 0 Å². The van der Waals surface area contributed by atoms with Crippen molar-refractivity contribution in [2.45, 2.75) is 45.1 Å². The number of amides is 2. The van der Waals surface area contributed by atoms with Crippen molar-refractivity contribution in [1.82, 2.24) is 15.5 Å². The third kappa shape index (κ3) is 5.04. The summed E-state index contributed by atoms with van der Waals surface area (Å²) in [4.78, 5) is 25.0. The van der Waals surface area contributed by atoms with E-state index in [1.807, 2.05) is 11.8 Å². The molecule has 2 N–H and O–H groups in total. The summed E-state index contributed by atoms with van der Waals surface area (Å²) in [5, 5.41) is 5.77. The molecule has 2 amide bonds. The Bertz CT molecular complexity index is 275. The van der Waals surface area contributed by atoms with Gasteiger partial charge in [-0.05, 0) is 39.2 Å². The molecule has 0 aromatic carbocycles. The quantitative estimate of drug-likeness (QED) is 0.680. The number of hydrogen-bond acceptors (Lipinski definition) is 3. The topological polar surface area (TPSA) is 61.4 Å². The Morgan fingerprint density at radius 2 is 1.89 bits per heavy atom. The largest absolute Gasteiger partial charge is 0.359 e. The summed E-state index contributed by atoms with van der Waals surface area (Å²) < 4.78 is 0. The van der Waals surface area contributed by atoms with Crippen LogP contribution in [0.25, 0.3) is 0 Å². The van der Waals surface area contributed by atoms with Crippen LogP contribution in [0.15, 0.2) is 0 Å². The minimum absolute atomic E-state index is 0.0480. The fourth-order valence-corrected chi connectivity index (χ4v) is 2.17. The first-order valence-electron chi connectivity index (χ1n) is 6.88. The van der Waals surface area contributed by atoms with Crippen molar-refractivity contribution < 1.29 is 9.59 Å². The van der Waals surface area contributed by atoms with Crippen LogP contribution >= 0.6 is 0 Å². The van der Waals surface area contributed by atoms with Gasteiger partial charge in [0, 0.05) is 26.6 Å². The number of rotatable bonds is 6. The zero-order valence-electron chi connectivity index (χ0n) is 11.5. The lowest BCUT2D eigenvalue weighted by atomic mass is 10.1. The Hall–Kier alpha value is -1.10. The Balaban J connectivity index is 2.17. The summed E-state index contributed by atoms with van der Waals surface area (Å²) in [7, 11) is 1.64. The van der Waals surface area contributed by atoms with E-state index >= 15 is 0 Å². The number of nitrogens with one attached hydrogen (secondary N) is 2. The predicted molar refractivity (Wildman–Crippen MR) is 71.2 cm³/mol. The fourth-order valence-electron chi connectivity index (χ4n) is 2.17. The summed E-state index contributed by atoms with van der Waals surface area (Å²) >= 11 is 0. The van der Waals surface area contributed by atoms with Crippen LogP contribution in [0.1, 0.15) is 39.0 Å². The van der Waals surface area contributed by atoms with Crippen LogP contribution in [0.5, 0.6) is 0 Å². The molecule has 0 saturated carbocycles. The average Bonchev–Trinajstić information content (AvgIpc) is 2.43. The maximum Gasteiger partial charge on any atom is 0.239 e. The zero-order chi connectivity index (χ0) is 13.4. The summed E-state index contributed by atoms with van der Waals surface area (Å²) in [6.07, 6.45) is 4.74. The van der Waals surface area contributed by atoms with E-state index in [0.717, 1.165) is 32.4 Å². The Kier molecular flexibility index (Phi) is 6.72. The molecule has 18 heavy (non-hydrogen) atoms. The molecule has 0 spiro atoms. The van der Waals surface area contributed by atoms with Crippen molar-refractivity contribution in [3.63, 3.8) is 0 Å². The van der Waals surface area contributed by atoms with E-state index in [4.69, 9.17) is 0 Å². The number of nitrogens with zero attached hydrogens (tertiary/aromatic N) is 1. The first-order chi connectivity index (χ1) is 8.65. The Morgan fingerprint density at radius 1 is 1.22 bits per heavy atom. The molecule has 1 unspecified atom stereocenters. The molecule has 5 heteroatoms. The highest BCUT2D eigenvalue weighted by atomic mass is 16.2. The molecule has 1 aliphatic heterocycles. The monoisotopic (exact) mass is 255 g/mol. The Labute approximate surface area is 109 Å². The summed E-state index contributed by atoms with van der Waals surface area (Å²) in [5.74, 6) is 0.237. The van der Waals surface area contributed by atoms with Gasteiger partial charge in [-0.25, -0.2) is 0 Å². The molecule has 1 atom stereocenters. The summed E-state index contributed by atoms with van der Waals surface area (Å²) in [5.41, 5.74) is 0. The van der Waals surface area contributed by atoms with Crippen molar-refractivity contribution in [3.05, 3.63) is 0 Å². The number of piperidine rings is 1. The molecule has 1 saturated heterocycles. The molecule has 0 aromatic rings. The van der Waals surface area contributed by atoms with Gasteiger partial charge in [0.1, 0.15) is 0 Å². The van der Waals surface area contributed by atoms with E-state index < -0.39 is 0 Å². The van der Waals surface area contributed by atoms with E-state index in [-0.39, 0.29) is 17.9 Å². The van der Waals surface area contributed by atoms with Crippen LogP contribution in [0.3, 0.4) is 0 Å². The second-order valence-electron chi connectivity index (χ2n) is 4.84. The number of likely N-dealkylation sites (tertiary alicyclic amines) is 1. The molecule has 1 fully saturated rings. The molecular formula is C13H25N3O2. The molecule has 0 aliphatic carbocycles. The van der Waals surface area contributed by atoms with Crippen molar-refractivity contribution in [2.24, 2.45) is 0 Å². The number of hydrogen-bond donors (Lipinski definition) is 2. The van der Waals surface area contributed by atoms with Gasteiger partial charge in [0.05, 0.1) is 6.04 Å². The third-order valence-corrected chi connectivity index (χ3v) is 3.35. The highest BCUT2D eigenvalue weighted by molar-refractivity contribution is 5.81. The molecule has 1 rings (SSSR count). The average molecular weight is 255 g/mol. The summed E-state index contributed by atoms with van der Waals surface area (Å²) in [6.45, 7) is 4.39. The molecular weight excluding hydrogens is 230 g/mol. The SMILES string of the molecule is CNC(=O)CCCNC(C)C(=O)N1CCCCC1. The van der Waals surface area contributed by atoms with Crippen molar-refractivity contribution in [2.75, 3.05) is 26.7 Å². The normalized spacial score (nSPS) is 17.3. The number of carbonyl (C=O) groups is 2. The predicted octanol–water partition coefficient (Wildman–Crippen LogP) is 0.503.